The number of H-pyrrole nitrogens is 1. The van der Waals surface area contributed by atoms with E-state index in [9.17, 15) is 29.4 Å². The molecular weight excluding hydrogens is 652 g/mol. The monoisotopic (exact) mass is 694 g/mol. The number of hydrogen-bond acceptors (Lipinski definition) is 5. The fourth-order valence-corrected chi connectivity index (χ4v) is 7.71. The first-order valence-corrected chi connectivity index (χ1v) is 16.5. The average molecular weight is 696 g/mol. The normalized spacial score (nSPS) is 26.2. The number of aromatic amines is 1. The number of likely N-dealkylation sites (tertiary alicyclic amines) is 1. The second-order valence-corrected chi connectivity index (χ2v) is 14.7. The van der Waals surface area contributed by atoms with Crippen molar-refractivity contribution in [1.82, 2.24) is 20.1 Å². The molecule has 2 aliphatic rings. The van der Waals surface area contributed by atoms with Crippen LogP contribution in [0, 0.1) is 16.2 Å². The fourth-order valence-electron chi connectivity index (χ4n) is 7.30. The summed E-state index contributed by atoms with van der Waals surface area (Å²) in [5.41, 5.74) is -0.468. The highest BCUT2D eigenvalue weighted by molar-refractivity contribution is 9.10. The summed E-state index contributed by atoms with van der Waals surface area (Å²) in [6.07, 6.45) is 1.78. The van der Waals surface area contributed by atoms with Gasteiger partial charge in [-0.25, -0.2) is 0 Å². The van der Waals surface area contributed by atoms with Crippen molar-refractivity contribution in [1.29, 1.82) is 0 Å². The van der Waals surface area contributed by atoms with E-state index in [0.717, 1.165) is 26.5 Å². The summed E-state index contributed by atoms with van der Waals surface area (Å²) in [4.78, 5) is 60.9. The lowest BCUT2D eigenvalue weighted by Crippen LogP contribution is -2.58. The molecule has 2 heterocycles. The summed E-state index contributed by atoms with van der Waals surface area (Å²) < 4.78 is 0.864. The van der Waals surface area contributed by atoms with Gasteiger partial charge in [0, 0.05) is 54.6 Å². The Morgan fingerprint density at radius 1 is 1.02 bits per heavy atom. The first-order chi connectivity index (χ1) is 21.6. The molecule has 46 heavy (non-hydrogen) atoms. The molecule has 2 aromatic carbocycles. The van der Waals surface area contributed by atoms with E-state index < -0.39 is 46.3 Å². The summed E-state index contributed by atoms with van der Waals surface area (Å²) in [6.45, 7) is 7.29. The number of nitrogens with one attached hydrogen (secondary N) is 2. The van der Waals surface area contributed by atoms with E-state index in [2.05, 4.69) is 26.2 Å². The third-order valence-electron chi connectivity index (χ3n) is 11.1. The number of carbonyl (C=O) groups excluding carboxylic acids is 3. The van der Waals surface area contributed by atoms with Gasteiger partial charge in [-0.2, -0.15) is 0 Å². The van der Waals surface area contributed by atoms with Crippen LogP contribution in [0.4, 0.5) is 0 Å². The molecule has 5 unspecified atom stereocenters. The minimum Gasteiger partial charge on any atom is -0.481 e. The largest absolute Gasteiger partial charge is 0.481 e. The number of aromatic nitrogens is 1. The molecule has 1 aromatic heterocycles. The molecule has 0 bridgehead atoms. The van der Waals surface area contributed by atoms with Crippen LogP contribution in [-0.2, 0) is 32.1 Å². The molecule has 5 rings (SSSR count). The van der Waals surface area contributed by atoms with Gasteiger partial charge in [-0.3, -0.25) is 19.2 Å². The number of hydrogen-bond donors (Lipinski definition) is 4. The van der Waals surface area contributed by atoms with E-state index in [0.29, 0.717) is 19.4 Å². The quantitative estimate of drug-likeness (QED) is 0.260. The van der Waals surface area contributed by atoms with Crippen LogP contribution in [0.5, 0.6) is 0 Å². The number of halogens is 1. The number of para-hydroxylation sites is 1. The molecule has 1 saturated heterocycles. The van der Waals surface area contributed by atoms with Crippen LogP contribution < -0.4 is 5.32 Å². The highest BCUT2D eigenvalue weighted by atomic mass is 79.9. The van der Waals surface area contributed by atoms with Crippen LogP contribution in [0.3, 0.4) is 0 Å². The Labute approximate surface area is 277 Å². The highest BCUT2D eigenvalue weighted by Crippen LogP contribution is 2.63. The Hall–Kier alpha value is -3.70. The Balaban J connectivity index is 1.42. The van der Waals surface area contributed by atoms with E-state index in [1.165, 1.54) is 4.90 Å². The number of fused-ring (bicyclic) bond motifs is 1. The highest BCUT2D eigenvalue weighted by Gasteiger charge is 2.66. The number of aliphatic hydroxyl groups is 1. The zero-order valence-corrected chi connectivity index (χ0v) is 28.6. The lowest BCUT2D eigenvalue weighted by molar-refractivity contribution is -0.163. The summed E-state index contributed by atoms with van der Waals surface area (Å²) in [5, 5.41) is 24.7. The third kappa shape index (κ3) is 5.72. The van der Waals surface area contributed by atoms with Gasteiger partial charge in [0.2, 0.25) is 17.7 Å². The van der Waals surface area contributed by atoms with Gasteiger partial charge in [0.05, 0.1) is 16.9 Å². The summed E-state index contributed by atoms with van der Waals surface area (Å²) >= 11 is 3.55. The van der Waals surface area contributed by atoms with Crippen LogP contribution in [0.2, 0.25) is 0 Å². The third-order valence-corrected chi connectivity index (χ3v) is 11.9. The second kappa shape index (κ2) is 12.5. The van der Waals surface area contributed by atoms with Crippen LogP contribution in [-0.4, -0.2) is 80.5 Å². The molecule has 3 aromatic rings. The summed E-state index contributed by atoms with van der Waals surface area (Å²) in [7, 11) is 1.69. The number of carbonyl (C=O) groups is 4. The molecular formula is C35H43BrN4O6. The molecule has 1 aliphatic carbocycles. The molecule has 5 atom stereocenters. The number of aliphatic hydroxyl groups excluding tert-OH is 1. The zero-order valence-electron chi connectivity index (χ0n) is 27.0. The van der Waals surface area contributed by atoms with Gasteiger partial charge >= 0.3 is 5.97 Å². The molecule has 4 N–H and O–H groups in total. The van der Waals surface area contributed by atoms with E-state index in [1.54, 1.807) is 39.6 Å². The maximum Gasteiger partial charge on any atom is 0.309 e. The van der Waals surface area contributed by atoms with Crippen LogP contribution in [0.15, 0.2) is 59.2 Å². The number of aliphatic carboxylic acids is 1. The van der Waals surface area contributed by atoms with Gasteiger partial charge in [-0.15, -0.1) is 0 Å². The number of carboxylic acids is 1. The summed E-state index contributed by atoms with van der Waals surface area (Å²) in [6, 6.07) is 13.4. The molecule has 10 nitrogen and oxygen atoms in total. The Bertz CT molecular complexity index is 1670. The maximum absolute atomic E-state index is 14.3. The Kier molecular flexibility index (Phi) is 9.13. The van der Waals surface area contributed by atoms with E-state index in [4.69, 9.17) is 0 Å². The van der Waals surface area contributed by atoms with Gasteiger partial charge in [-0.1, -0.05) is 73.1 Å². The predicted molar refractivity (Wildman–Crippen MR) is 178 cm³/mol. The van der Waals surface area contributed by atoms with Crippen LogP contribution in [0.1, 0.15) is 58.1 Å². The van der Waals surface area contributed by atoms with Crippen LogP contribution >= 0.6 is 15.9 Å². The first-order valence-electron chi connectivity index (χ1n) is 15.7. The SMILES string of the molecule is CN(Cc1ccccc1Br)C(=O)C(Cc1c[nH]c2ccccc12)NC(=O)C1CC(O)CN1C(=O)C1(C)CCC(C)(C(=O)O)C1(C)C. The van der Waals surface area contributed by atoms with Gasteiger partial charge in [-0.05, 0) is 48.4 Å². The molecule has 2 fully saturated rings. The van der Waals surface area contributed by atoms with Crippen molar-refractivity contribution in [3.63, 3.8) is 0 Å². The second-order valence-electron chi connectivity index (χ2n) is 13.9. The van der Waals surface area contributed by atoms with E-state index in [1.807, 2.05) is 54.7 Å². The van der Waals surface area contributed by atoms with Gasteiger partial charge < -0.3 is 30.3 Å². The molecule has 1 aliphatic heterocycles. The number of nitrogens with zero attached hydrogens (tertiary/aromatic N) is 2. The van der Waals surface area contributed by atoms with Crippen molar-refractivity contribution < 1.29 is 29.4 Å². The van der Waals surface area contributed by atoms with E-state index >= 15 is 0 Å². The number of amides is 3. The number of carboxylic acid groups (broad SMARTS) is 1. The molecule has 0 radical (unpaired) electrons. The smallest absolute Gasteiger partial charge is 0.309 e. The van der Waals surface area contributed by atoms with Crippen LogP contribution in [0.25, 0.3) is 10.9 Å². The Morgan fingerprint density at radius 3 is 2.35 bits per heavy atom. The number of likely N-dealkylation sites (N-methyl/N-ethyl adjacent to an activating group) is 1. The minimum absolute atomic E-state index is 0.0189. The van der Waals surface area contributed by atoms with Gasteiger partial charge in [0.15, 0.2) is 0 Å². The van der Waals surface area contributed by atoms with Crippen molar-refractivity contribution in [3.05, 3.63) is 70.3 Å². The molecule has 3 amide bonds. The Morgan fingerprint density at radius 2 is 1.67 bits per heavy atom. The number of benzene rings is 2. The molecule has 0 spiro atoms. The lowest BCUT2D eigenvalue weighted by atomic mass is 9.59. The predicted octanol–water partition coefficient (Wildman–Crippen LogP) is 4.50. The fraction of sp³-hybridized carbons (Fsp3) is 0.486. The molecule has 1 saturated carbocycles. The van der Waals surface area contributed by atoms with Crippen molar-refractivity contribution in [2.45, 2.75) is 78.1 Å². The van der Waals surface area contributed by atoms with E-state index in [-0.39, 0.29) is 31.2 Å². The van der Waals surface area contributed by atoms with Crippen molar-refractivity contribution in [3.8, 4) is 0 Å². The maximum atomic E-state index is 14.3. The number of rotatable bonds is 9. The zero-order chi connectivity index (χ0) is 33.6. The van der Waals surface area contributed by atoms with Crippen molar-refractivity contribution in [2.24, 2.45) is 16.2 Å². The first kappa shape index (κ1) is 33.7. The molecule has 246 valence electrons. The van der Waals surface area contributed by atoms with Gasteiger partial charge in [0.1, 0.15) is 12.1 Å². The standard InChI is InChI=1S/C35H43BrN4O6/c1-33(2)34(3,14-15-35(33,4)32(45)46)31(44)40-20-23(41)17-28(40)29(42)38-27(16-22-18-37-26-13-9-7-11-24(22)26)30(43)39(5)19-21-10-6-8-12-25(21)36/h6-13,18,23,27-28,37,41H,14-17,19-20H2,1-5H3,(H,38,42)(H,45,46). The topological polar surface area (TPSA) is 143 Å². The summed E-state index contributed by atoms with van der Waals surface area (Å²) in [5.74, 6) is -2.15. The minimum atomic E-state index is -1.14. The molecule has 11 heteroatoms. The van der Waals surface area contributed by atoms with Crippen molar-refractivity contribution >= 4 is 50.5 Å². The average Bonchev–Trinajstić information content (AvgIpc) is 3.67. The lowest BCUT2D eigenvalue weighted by Gasteiger charge is -2.46. The van der Waals surface area contributed by atoms with Gasteiger partial charge in [0.25, 0.3) is 0 Å². The van der Waals surface area contributed by atoms with Crippen molar-refractivity contribution in [2.75, 3.05) is 13.6 Å². The number of β-amino-alcohol motifs (C(OH)–C–C–N with tert-alkyl or cyclic N) is 1.